The summed E-state index contributed by atoms with van der Waals surface area (Å²) in [5.74, 6) is -20.6. The second-order valence-electron chi connectivity index (χ2n) is 4.74. The topological polar surface area (TPSA) is 29.5 Å². The SMILES string of the molecule is CC1C(F)(F)C(C)(C(F)(F)F)OC(O)(C(F)(F)F)C1(F)F. The second-order valence-corrected chi connectivity index (χ2v) is 4.74. The van der Waals surface area contributed by atoms with Crippen LogP contribution < -0.4 is 0 Å². The molecule has 1 N–H and O–H groups in total. The first-order valence-electron chi connectivity index (χ1n) is 5.18. The summed E-state index contributed by atoms with van der Waals surface area (Å²) in [5.41, 5.74) is -4.95. The van der Waals surface area contributed by atoms with Crippen LogP contribution in [-0.4, -0.2) is 40.7 Å². The van der Waals surface area contributed by atoms with Gasteiger partial charge in [-0.2, -0.15) is 35.1 Å². The highest BCUT2D eigenvalue weighted by atomic mass is 19.4. The van der Waals surface area contributed by atoms with Crippen LogP contribution in [0.5, 0.6) is 0 Å². The summed E-state index contributed by atoms with van der Waals surface area (Å²) >= 11 is 0. The first-order valence-corrected chi connectivity index (χ1v) is 5.18. The molecule has 0 aromatic heterocycles. The van der Waals surface area contributed by atoms with Crippen molar-refractivity contribution in [3.8, 4) is 0 Å². The van der Waals surface area contributed by atoms with Gasteiger partial charge in [0.15, 0.2) is 0 Å². The van der Waals surface area contributed by atoms with Gasteiger partial charge in [0.05, 0.1) is 5.92 Å². The van der Waals surface area contributed by atoms with Crippen LogP contribution in [0.4, 0.5) is 43.9 Å². The molecule has 3 atom stereocenters. The Balaban J connectivity index is 3.64. The van der Waals surface area contributed by atoms with E-state index in [0.29, 0.717) is 0 Å². The highest BCUT2D eigenvalue weighted by Crippen LogP contribution is 2.62. The van der Waals surface area contributed by atoms with E-state index in [1.54, 1.807) is 0 Å². The van der Waals surface area contributed by atoms with Crippen molar-refractivity contribution < 1.29 is 53.7 Å². The lowest BCUT2D eigenvalue weighted by molar-refractivity contribution is -0.533. The number of ether oxygens (including phenoxy) is 1. The van der Waals surface area contributed by atoms with E-state index in [1.807, 2.05) is 0 Å². The first-order chi connectivity index (χ1) is 8.86. The number of halogens is 10. The van der Waals surface area contributed by atoms with Gasteiger partial charge in [-0.3, -0.25) is 0 Å². The molecule has 0 spiro atoms. The molecule has 3 unspecified atom stereocenters. The summed E-state index contributed by atoms with van der Waals surface area (Å²) < 4.78 is 132. The van der Waals surface area contributed by atoms with Crippen LogP contribution in [0.1, 0.15) is 13.8 Å². The van der Waals surface area contributed by atoms with Crippen molar-refractivity contribution in [3.63, 3.8) is 0 Å². The maximum absolute atomic E-state index is 13.6. The monoisotopic (exact) mass is 338 g/mol. The Morgan fingerprint density at radius 2 is 1.24 bits per heavy atom. The summed E-state index contributed by atoms with van der Waals surface area (Å²) in [4.78, 5) is 0. The zero-order chi connectivity index (χ0) is 17.3. The predicted molar refractivity (Wildman–Crippen MR) is 45.6 cm³/mol. The average molecular weight is 338 g/mol. The van der Waals surface area contributed by atoms with Gasteiger partial charge in [-0.1, -0.05) is 6.92 Å². The van der Waals surface area contributed by atoms with E-state index in [9.17, 15) is 43.9 Å². The van der Waals surface area contributed by atoms with Gasteiger partial charge in [-0.25, -0.2) is 8.78 Å². The van der Waals surface area contributed by atoms with E-state index in [0.717, 1.165) is 0 Å². The van der Waals surface area contributed by atoms with Crippen molar-refractivity contribution in [1.82, 2.24) is 0 Å². The standard InChI is InChI=1S/C9H8F10O2/c1-3-5(10,11)4(2,8(14,15)16)21-7(20,6(3,12)13)9(17,18)19/h3,20H,1-2H3. The van der Waals surface area contributed by atoms with E-state index in [4.69, 9.17) is 5.11 Å². The molecule has 2 nitrogen and oxygen atoms in total. The van der Waals surface area contributed by atoms with Crippen molar-refractivity contribution in [2.45, 2.75) is 49.4 Å². The summed E-state index contributed by atoms with van der Waals surface area (Å²) in [6.07, 6.45) is -12.6. The highest BCUT2D eigenvalue weighted by molar-refractivity contribution is 5.13. The third-order valence-electron chi connectivity index (χ3n) is 3.45. The summed E-state index contributed by atoms with van der Waals surface area (Å²) in [6.45, 7) is -0.765. The van der Waals surface area contributed by atoms with Gasteiger partial charge in [0, 0.05) is 0 Å². The van der Waals surface area contributed by atoms with E-state index < -0.39 is 48.4 Å². The number of aliphatic hydroxyl groups is 1. The van der Waals surface area contributed by atoms with Gasteiger partial charge in [0.1, 0.15) is 0 Å². The maximum Gasteiger partial charge on any atom is 0.449 e. The van der Waals surface area contributed by atoms with Gasteiger partial charge >= 0.3 is 24.1 Å². The Kier molecular flexibility index (Phi) is 3.61. The Labute approximate surface area is 110 Å². The van der Waals surface area contributed by atoms with Crippen molar-refractivity contribution in [2.24, 2.45) is 5.92 Å². The lowest BCUT2D eigenvalue weighted by Gasteiger charge is -2.54. The second kappa shape index (κ2) is 4.15. The summed E-state index contributed by atoms with van der Waals surface area (Å²) in [7, 11) is 0. The van der Waals surface area contributed by atoms with Crippen molar-refractivity contribution in [3.05, 3.63) is 0 Å². The highest BCUT2D eigenvalue weighted by Gasteiger charge is 2.87. The molecule has 126 valence electrons. The minimum atomic E-state index is -6.44. The summed E-state index contributed by atoms with van der Waals surface area (Å²) in [6, 6.07) is 0. The molecular weight excluding hydrogens is 330 g/mol. The van der Waals surface area contributed by atoms with Crippen molar-refractivity contribution >= 4 is 0 Å². The van der Waals surface area contributed by atoms with E-state index in [1.165, 1.54) is 0 Å². The largest absolute Gasteiger partial charge is 0.449 e. The molecular formula is C9H8F10O2. The van der Waals surface area contributed by atoms with Crippen molar-refractivity contribution in [2.75, 3.05) is 0 Å². The molecule has 1 fully saturated rings. The van der Waals surface area contributed by atoms with Crippen LogP contribution in [-0.2, 0) is 4.74 Å². The zero-order valence-corrected chi connectivity index (χ0v) is 10.2. The minimum absolute atomic E-state index is 0.233. The fourth-order valence-corrected chi connectivity index (χ4v) is 1.86. The minimum Gasteiger partial charge on any atom is -0.354 e. The molecule has 12 heteroatoms. The summed E-state index contributed by atoms with van der Waals surface area (Å²) in [5, 5.41) is 8.91. The first kappa shape index (κ1) is 18.3. The van der Waals surface area contributed by atoms with Crippen LogP contribution in [0.25, 0.3) is 0 Å². The smallest absolute Gasteiger partial charge is 0.354 e. The molecule has 0 aromatic carbocycles. The number of hydrogen-bond acceptors (Lipinski definition) is 2. The fraction of sp³-hybridized carbons (Fsp3) is 1.00. The normalized spacial score (nSPS) is 40.1. The number of alkyl halides is 10. The molecule has 0 saturated carbocycles. The molecule has 0 aliphatic carbocycles. The Hall–Kier alpha value is -0.780. The molecule has 0 amide bonds. The zero-order valence-electron chi connectivity index (χ0n) is 10.2. The molecule has 0 radical (unpaired) electrons. The van der Waals surface area contributed by atoms with E-state index in [-0.39, 0.29) is 6.92 Å². The molecule has 0 bridgehead atoms. The quantitative estimate of drug-likeness (QED) is 0.685. The van der Waals surface area contributed by atoms with Gasteiger partial charge in [0.25, 0.3) is 5.92 Å². The maximum atomic E-state index is 13.6. The molecule has 0 aromatic rings. The molecule has 1 aliphatic rings. The van der Waals surface area contributed by atoms with E-state index in [2.05, 4.69) is 4.74 Å². The number of hydrogen-bond donors (Lipinski definition) is 1. The van der Waals surface area contributed by atoms with Gasteiger partial charge in [0.2, 0.25) is 5.60 Å². The van der Waals surface area contributed by atoms with Gasteiger partial charge < -0.3 is 9.84 Å². The van der Waals surface area contributed by atoms with Crippen LogP contribution in [0.15, 0.2) is 0 Å². The van der Waals surface area contributed by atoms with Gasteiger partial charge in [-0.15, -0.1) is 0 Å². The van der Waals surface area contributed by atoms with Crippen LogP contribution in [0.3, 0.4) is 0 Å². The van der Waals surface area contributed by atoms with Crippen LogP contribution in [0.2, 0.25) is 0 Å². The average Bonchev–Trinajstić information content (AvgIpc) is 2.22. The fourth-order valence-electron chi connectivity index (χ4n) is 1.86. The number of rotatable bonds is 0. The Bertz CT molecular complexity index is 389. The Morgan fingerprint density at radius 3 is 1.52 bits per heavy atom. The Morgan fingerprint density at radius 1 is 0.857 bits per heavy atom. The molecule has 21 heavy (non-hydrogen) atoms. The molecule has 1 saturated heterocycles. The lowest BCUT2D eigenvalue weighted by Crippen LogP contribution is -2.79. The third kappa shape index (κ3) is 2.01. The van der Waals surface area contributed by atoms with E-state index >= 15 is 0 Å². The van der Waals surface area contributed by atoms with Crippen molar-refractivity contribution in [1.29, 1.82) is 0 Å². The molecule has 1 heterocycles. The predicted octanol–water partition coefficient (Wildman–Crippen LogP) is 3.50. The van der Waals surface area contributed by atoms with Gasteiger partial charge in [-0.05, 0) is 6.92 Å². The third-order valence-corrected chi connectivity index (χ3v) is 3.45. The van der Waals surface area contributed by atoms with Crippen LogP contribution >= 0.6 is 0 Å². The molecule has 1 aliphatic heterocycles. The molecule has 1 rings (SSSR count). The lowest BCUT2D eigenvalue weighted by atomic mass is 9.76. The van der Waals surface area contributed by atoms with Crippen LogP contribution in [0, 0.1) is 5.92 Å².